The van der Waals surface area contributed by atoms with Gasteiger partial charge in [-0.25, -0.2) is 8.78 Å². The first kappa shape index (κ1) is 19.0. The molecule has 0 bridgehead atoms. The topological polar surface area (TPSA) is 59.2 Å². The fourth-order valence-corrected chi connectivity index (χ4v) is 2.63. The monoisotopic (exact) mass is 391 g/mol. The van der Waals surface area contributed by atoms with Crippen molar-refractivity contribution in [3.63, 3.8) is 0 Å². The molecular weight excluding hydrogens is 376 g/mol. The lowest BCUT2D eigenvalue weighted by Gasteiger charge is -2.25. The number of aromatic nitrogens is 2. The van der Waals surface area contributed by atoms with Gasteiger partial charge in [-0.05, 0) is 50.2 Å². The summed E-state index contributed by atoms with van der Waals surface area (Å²) in [5.41, 5.74) is 0.603. The van der Waals surface area contributed by atoms with E-state index in [-0.39, 0.29) is 29.9 Å². The van der Waals surface area contributed by atoms with Crippen molar-refractivity contribution in [2.24, 2.45) is 0 Å². The molecule has 0 radical (unpaired) electrons. The van der Waals surface area contributed by atoms with Crippen LogP contribution in [0.25, 0.3) is 11.5 Å². The van der Waals surface area contributed by atoms with Crippen LogP contribution in [0.2, 0.25) is 5.02 Å². The van der Waals surface area contributed by atoms with E-state index in [4.69, 9.17) is 16.0 Å². The van der Waals surface area contributed by atoms with E-state index in [9.17, 15) is 13.6 Å². The van der Waals surface area contributed by atoms with E-state index in [1.165, 1.54) is 4.90 Å². The van der Waals surface area contributed by atoms with Crippen LogP contribution in [0.3, 0.4) is 0 Å². The summed E-state index contributed by atoms with van der Waals surface area (Å²) in [6.45, 7) is 3.57. The van der Waals surface area contributed by atoms with E-state index in [0.717, 1.165) is 12.1 Å². The van der Waals surface area contributed by atoms with Crippen LogP contribution < -0.4 is 0 Å². The Balaban J connectivity index is 1.82. The van der Waals surface area contributed by atoms with Crippen LogP contribution in [0.1, 0.15) is 30.1 Å². The Morgan fingerprint density at radius 2 is 1.74 bits per heavy atom. The molecule has 5 nitrogen and oxygen atoms in total. The van der Waals surface area contributed by atoms with Crippen LogP contribution in [0, 0.1) is 11.6 Å². The lowest BCUT2D eigenvalue weighted by molar-refractivity contribution is 0.0671. The third-order valence-electron chi connectivity index (χ3n) is 3.86. The lowest BCUT2D eigenvalue weighted by Crippen LogP contribution is -2.36. The van der Waals surface area contributed by atoms with Gasteiger partial charge in [-0.1, -0.05) is 11.6 Å². The van der Waals surface area contributed by atoms with Crippen molar-refractivity contribution in [1.82, 2.24) is 15.1 Å². The lowest BCUT2D eigenvalue weighted by atomic mass is 10.1. The van der Waals surface area contributed by atoms with Gasteiger partial charge in [0.2, 0.25) is 11.8 Å². The van der Waals surface area contributed by atoms with Gasteiger partial charge in [-0.15, -0.1) is 10.2 Å². The summed E-state index contributed by atoms with van der Waals surface area (Å²) in [5.74, 6) is -1.67. The van der Waals surface area contributed by atoms with Gasteiger partial charge in [0.25, 0.3) is 5.91 Å². The zero-order valence-electron chi connectivity index (χ0n) is 14.6. The summed E-state index contributed by atoms with van der Waals surface area (Å²) < 4.78 is 32.5. The van der Waals surface area contributed by atoms with Gasteiger partial charge in [0.1, 0.15) is 11.6 Å². The minimum atomic E-state index is -0.815. The summed E-state index contributed by atoms with van der Waals surface area (Å²) in [4.78, 5) is 14.1. The van der Waals surface area contributed by atoms with Crippen molar-refractivity contribution < 1.29 is 18.0 Å². The number of halogens is 3. The highest BCUT2D eigenvalue weighted by Crippen LogP contribution is 2.22. The Bertz CT molecular complexity index is 938. The van der Waals surface area contributed by atoms with Crippen LogP contribution in [-0.4, -0.2) is 27.0 Å². The van der Waals surface area contributed by atoms with E-state index < -0.39 is 17.5 Å². The van der Waals surface area contributed by atoms with Gasteiger partial charge < -0.3 is 9.32 Å². The van der Waals surface area contributed by atoms with Crippen LogP contribution in [-0.2, 0) is 6.54 Å². The zero-order chi connectivity index (χ0) is 19.6. The smallest absolute Gasteiger partial charge is 0.254 e. The van der Waals surface area contributed by atoms with Crippen molar-refractivity contribution >= 4 is 17.5 Å². The maximum Gasteiger partial charge on any atom is 0.254 e. The minimum absolute atomic E-state index is 0.00915. The molecule has 2 aromatic carbocycles. The summed E-state index contributed by atoms with van der Waals surface area (Å²) in [5, 5.41) is 8.51. The Morgan fingerprint density at radius 3 is 2.33 bits per heavy atom. The second kappa shape index (κ2) is 7.84. The van der Waals surface area contributed by atoms with Crippen LogP contribution in [0.5, 0.6) is 0 Å². The summed E-state index contributed by atoms with van der Waals surface area (Å²) in [6, 6.07) is 9.32. The maximum absolute atomic E-state index is 13.4. The molecule has 0 N–H and O–H groups in total. The standard InChI is InChI=1S/C19H16ClF2N3O2/c1-11(2)25(19(26)13-7-15(21)9-16(22)8-13)10-17-23-24-18(27-17)12-3-5-14(20)6-4-12/h3-9,11H,10H2,1-2H3. The molecule has 0 saturated heterocycles. The molecule has 8 heteroatoms. The average molecular weight is 392 g/mol. The van der Waals surface area contributed by atoms with Crippen molar-refractivity contribution in [1.29, 1.82) is 0 Å². The first-order valence-electron chi connectivity index (χ1n) is 8.19. The van der Waals surface area contributed by atoms with Crippen LogP contribution >= 0.6 is 11.6 Å². The molecule has 27 heavy (non-hydrogen) atoms. The molecule has 3 aromatic rings. The maximum atomic E-state index is 13.4. The number of hydrogen-bond donors (Lipinski definition) is 0. The second-order valence-electron chi connectivity index (χ2n) is 6.19. The Kier molecular flexibility index (Phi) is 5.51. The number of benzene rings is 2. The average Bonchev–Trinajstić information content (AvgIpc) is 3.07. The molecule has 0 unspecified atom stereocenters. The first-order valence-corrected chi connectivity index (χ1v) is 8.56. The Labute approximate surface area is 159 Å². The molecule has 1 amide bonds. The summed E-state index contributed by atoms with van der Waals surface area (Å²) in [6.07, 6.45) is 0. The largest absolute Gasteiger partial charge is 0.419 e. The molecular formula is C19H16ClF2N3O2. The van der Waals surface area contributed by atoms with Gasteiger partial charge in [0.05, 0.1) is 6.54 Å². The van der Waals surface area contributed by atoms with E-state index in [2.05, 4.69) is 10.2 Å². The molecule has 0 saturated carbocycles. The molecule has 3 rings (SSSR count). The molecule has 0 fully saturated rings. The fourth-order valence-electron chi connectivity index (χ4n) is 2.50. The molecule has 0 aliphatic carbocycles. The molecule has 0 spiro atoms. The third-order valence-corrected chi connectivity index (χ3v) is 4.11. The normalized spacial score (nSPS) is 11.0. The van der Waals surface area contributed by atoms with Crippen molar-refractivity contribution in [3.05, 3.63) is 70.6 Å². The van der Waals surface area contributed by atoms with Crippen LogP contribution in [0.4, 0.5) is 8.78 Å². The number of nitrogens with zero attached hydrogens (tertiary/aromatic N) is 3. The Morgan fingerprint density at radius 1 is 1.11 bits per heavy atom. The number of rotatable bonds is 5. The highest BCUT2D eigenvalue weighted by Gasteiger charge is 2.23. The van der Waals surface area contributed by atoms with E-state index in [1.54, 1.807) is 38.1 Å². The molecule has 0 aliphatic rings. The summed E-state index contributed by atoms with van der Waals surface area (Å²) >= 11 is 5.86. The quantitative estimate of drug-likeness (QED) is 0.631. The number of carbonyl (C=O) groups is 1. The third kappa shape index (κ3) is 4.49. The number of carbonyl (C=O) groups excluding carboxylic acids is 1. The second-order valence-corrected chi connectivity index (χ2v) is 6.63. The summed E-state index contributed by atoms with van der Waals surface area (Å²) in [7, 11) is 0. The van der Waals surface area contributed by atoms with Crippen molar-refractivity contribution in [2.45, 2.75) is 26.4 Å². The number of hydrogen-bond acceptors (Lipinski definition) is 4. The molecule has 0 aliphatic heterocycles. The fraction of sp³-hybridized carbons (Fsp3) is 0.211. The van der Waals surface area contributed by atoms with E-state index in [1.807, 2.05) is 0 Å². The SMILES string of the molecule is CC(C)N(Cc1nnc(-c2ccc(Cl)cc2)o1)C(=O)c1cc(F)cc(F)c1. The van der Waals surface area contributed by atoms with Gasteiger partial charge in [0.15, 0.2) is 0 Å². The predicted octanol–water partition coefficient (Wildman–Crippen LogP) is 4.72. The molecule has 0 atom stereocenters. The van der Waals surface area contributed by atoms with Crippen LogP contribution in [0.15, 0.2) is 46.9 Å². The van der Waals surface area contributed by atoms with Crippen molar-refractivity contribution in [3.8, 4) is 11.5 Å². The molecule has 1 heterocycles. The zero-order valence-corrected chi connectivity index (χ0v) is 15.4. The van der Waals surface area contributed by atoms with Gasteiger partial charge >= 0.3 is 0 Å². The van der Waals surface area contributed by atoms with Gasteiger partial charge in [-0.3, -0.25) is 4.79 Å². The first-order chi connectivity index (χ1) is 12.8. The highest BCUT2D eigenvalue weighted by atomic mass is 35.5. The van der Waals surface area contributed by atoms with E-state index >= 15 is 0 Å². The predicted molar refractivity (Wildman–Crippen MR) is 96.1 cm³/mol. The van der Waals surface area contributed by atoms with E-state index in [0.29, 0.717) is 16.7 Å². The molecule has 140 valence electrons. The van der Waals surface area contributed by atoms with Gasteiger partial charge in [-0.2, -0.15) is 0 Å². The number of amides is 1. The van der Waals surface area contributed by atoms with Crippen molar-refractivity contribution in [2.75, 3.05) is 0 Å². The molecule has 1 aromatic heterocycles. The Hall–Kier alpha value is -2.80. The minimum Gasteiger partial charge on any atom is -0.419 e. The highest BCUT2D eigenvalue weighted by molar-refractivity contribution is 6.30. The van der Waals surface area contributed by atoms with Gasteiger partial charge in [0, 0.05) is 28.3 Å².